The lowest BCUT2D eigenvalue weighted by atomic mass is 10.0. The molecule has 3 nitrogen and oxygen atoms in total. The number of fused-ring (bicyclic) bond motifs is 3. The third-order valence-electron chi connectivity index (χ3n) is 4.81. The van der Waals surface area contributed by atoms with E-state index in [9.17, 15) is 4.79 Å². The average Bonchev–Trinajstić information content (AvgIpc) is 3.31. The van der Waals surface area contributed by atoms with E-state index in [4.69, 9.17) is 4.42 Å². The van der Waals surface area contributed by atoms with E-state index in [-0.39, 0.29) is 5.63 Å². The number of aromatic nitrogens is 1. The second kappa shape index (κ2) is 6.17. The van der Waals surface area contributed by atoms with E-state index in [1.807, 2.05) is 62.1 Å². The van der Waals surface area contributed by atoms with Crippen LogP contribution in [-0.4, -0.2) is 4.57 Å². The molecule has 0 unspecified atom stereocenters. The summed E-state index contributed by atoms with van der Waals surface area (Å²) in [7, 11) is 0. The molecular formula is C23H16NO2. The summed E-state index contributed by atoms with van der Waals surface area (Å²) in [4.78, 5) is 12.9. The molecule has 1 aliphatic rings. The number of nitrogens with zero attached hydrogens (tertiary/aromatic N) is 1. The molecule has 4 aromatic rings. The van der Waals surface area contributed by atoms with Gasteiger partial charge in [0.05, 0.1) is 0 Å². The molecule has 1 aliphatic carbocycles. The summed E-state index contributed by atoms with van der Waals surface area (Å²) in [5, 5.41) is 2.00. The molecule has 2 aromatic carbocycles. The summed E-state index contributed by atoms with van der Waals surface area (Å²) in [6.07, 6.45) is 7.79. The lowest BCUT2D eigenvalue weighted by Gasteiger charge is -2.08. The van der Waals surface area contributed by atoms with Gasteiger partial charge in [0, 0.05) is 28.8 Å². The normalized spacial score (nSPS) is 15.2. The van der Waals surface area contributed by atoms with E-state index in [2.05, 4.69) is 28.8 Å². The molecule has 0 saturated heterocycles. The predicted molar refractivity (Wildman–Crippen MR) is 103 cm³/mol. The van der Waals surface area contributed by atoms with Gasteiger partial charge >= 0.3 is 5.63 Å². The van der Waals surface area contributed by atoms with Crippen molar-refractivity contribution in [3.8, 4) is 0 Å². The standard InChI is InChI=1S/C23H16NO2/c25-23-22-19(14-21(26-23)17-10-4-5-11-17)18-12-6-7-13-20(18)24(22)15-16-8-2-1-3-9-16/h1-14H,15H2. The van der Waals surface area contributed by atoms with Crippen molar-refractivity contribution in [1.29, 1.82) is 0 Å². The summed E-state index contributed by atoms with van der Waals surface area (Å²) < 4.78 is 7.72. The zero-order valence-electron chi connectivity index (χ0n) is 14.1. The molecule has 3 heteroatoms. The quantitative estimate of drug-likeness (QED) is 0.549. The van der Waals surface area contributed by atoms with Crippen LogP contribution < -0.4 is 5.63 Å². The minimum atomic E-state index is -0.300. The van der Waals surface area contributed by atoms with Crippen molar-refractivity contribution in [2.75, 3.05) is 0 Å². The number of hydrogen-bond donors (Lipinski definition) is 0. The van der Waals surface area contributed by atoms with Crippen LogP contribution in [0.4, 0.5) is 0 Å². The topological polar surface area (TPSA) is 35.1 Å². The van der Waals surface area contributed by atoms with Crippen molar-refractivity contribution in [1.82, 2.24) is 4.57 Å². The van der Waals surface area contributed by atoms with E-state index < -0.39 is 0 Å². The van der Waals surface area contributed by atoms with E-state index in [1.165, 1.54) is 0 Å². The molecule has 2 aromatic heterocycles. The van der Waals surface area contributed by atoms with Crippen LogP contribution in [0.25, 0.3) is 21.8 Å². The van der Waals surface area contributed by atoms with Crippen LogP contribution in [0.1, 0.15) is 11.3 Å². The van der Waals surface area contributed by atoms with Crippen molar-refractivity contribution in [3.63, 3.8) is 0 Å². The van der Waals surface area contributed by atoms with Gasteiger partial charge in [-0.15, -0.1) is 0 Å². The molecule has 125 valence electrons. The van der Waals surface area contributed by atoms with Gasteiger partial charge in [-0.3, -0.25) is 0 Å². The number of hydrogen-bond acceptors (Lipinski definition) is 2. The Morgan fingerprint density at radius 2 is 1.58 bits per heavy atom. The van der Waals surface area contributed by atoms with Gasteiger partial charge in [0.1, 0.15) is 11.3 Å². The lowest BCUT2D eigenvalue weighted by Crippen LogP contribution is -2.10. The largest absolute Gasteiger partial charge is 0.426 e. The molecule has 0 atom stereocenters. The first-order valence-electron chi connectivity index (χ1n) is 8.62. The summed E-state index contributed by atoms with van der Waals surface area (Å²) in [5.74, 6) is 1.53. The second-order valence-corrected chi connectivity index (χ2v) is 6.42. The highest BCUT2D eigenvalue weighted by Crippen LogP contribution is 2.34. The van der Waals surface area contributed by atoms with Gasteiger partial charge in [-0.05, 0) is 43.4 Å². The third-order valence-corrected chi connectivity index (χ3v) is 4.81. The predicted octanol–water partition coefficient (Wildman–Crippen LogP) is 4.55. The third kappa shape index (κ3) is 2.47. The summed E-state index contributed by atoms with van der Waals surface area (Å²) in [6, 6.07) is 20.3. The summed E-state index contributed by atoms with van der Waals surface area (Å²) in [6.45, 7) is 0.630. The van der Waals surface area contributed by atoms with Crippen LogP contribution in [-0.2, 0) is 6.54 Å². The second-order valence-electron chi connectivity index (χ2n) is 6.42. The zero-order chi connectivity index (χ0) is 17.5. The van der Waals surface area contributed by atoms with Gasteiger partial charge < -0.3 is 8.98 Å². The van der Waals surface area contributed by atoms with E-state index in [0.29, 0.717) is 17.8 Å². The van der Waals surface area contributed by atoms with Crippen molar-refractivity contribution in [3.05, 3.63) is 114 Å². The average molecular weight is 338 g/mol. The lowest BCUT2D eigenvalue weighted by molar-refractivity contribution is 0.484. The molecule has 1 saturated carbocycles. The van der Waals surface area contributed by atoms with Crippen molar-refractivity contribution in [2.45, 2.75) is 6.54 Å². The molecular weight excluding hydrogens is 322 g/mol. The van der Waals surface area contributed by atoms with Crippen LogP contribution in [0, 0.1) is 31.6 Å². The Bertz CT molecular complexity index is 1130. The molecule has 0 N–H and O–H groups in total. The Morgan fingerprint density at radius 3 is 2.38 bits per heavy atom. The molecule has 26 heavy (non-hydrogen) atoms. The Hall–Kier alpha value is -2.81. The molecule has 0 bridgehead atoms. The molecule has 1 fully saturated rings. The molecule has 0 aliphatic heterocycles. The van der Waals surface area contributed by atoms with E-state index >= 15 is 0 Å². The van der Waals surface area contributed by atoms with Crippen molar-refractivity contribution >= 4 is 21.8 Å². The fourth-order valence-electron chi connectivity index (χ4n) is 3.62. The van der Waals surface area contributed by atoms with Gasteiger partial charge in [-0.1, -0.05) is 48.5 Å². The molecule has 0 spiro atoms. The van der Waals surface area contributed by atoms with Gasteiger partial charge in [0.2, 0.25) is 0 Å². The van der Waals surface area contributed by atoms with E-state index in [1.54, 1.807) is 0 Å². The van der Waals surface area contributed by atoms with Crippen LogP contribution in [0.2, 0.25) is 0 Å². The highest BCUT2D eigenvalue weighted by molar-refractivity contribution is 6.07. The first-order valence-corrected chi connectivity index (χ1v) is 8.62. The maximum Gasteiger partial charge on any atom is 0.360 e. The van der Waals surface area contributed by atoms with Crippen LogP contribution in [0.15, 0.2) is 69.9 Å². The van der Waals surface area contributed by atoms with Gasteiger partial charge in [-0.2, -0.15) is 0 Å². The Labute approximate surface area is 151 Å². The molecule has 0 amide bonds. The van der Waals surface area contributed by atoms with Gasteiger partial charge in [0.25, 0.3) is 0 Å². The van der Waals surface area contributed by atoms with Crippen molar-refractivity contribution < 1.29 is 4.42 Å². The first-order chi connectivity index (χ1) is 12.8. The van der Waals surface area contributed by atoms with Crippen LogP contribution in [0.3, 0.4) is 0 Å². The fourth-order valence-corrected chi connectivity index (χ4v) is 3.62. The summed E-state index contributed by atoms with van der Waals surface area (Å²) in [5.41, 5.74) is 2.50. The first kappa shape index (κ1) is 15.4. The maximum absolute atomic E-state index is 12.9. The van der Waals surface area contributed by atoms with Crippen molar-refractivity contribution in [2.24, 2.45) is 0 Å². The Balaban J connectivity index is 1.76. The highest BCUT2D eigenvalue weighted by Gasteiger charge is 2.24. The zero-order valence-corrected chi connectivity index (χ0v) is 14.1. The van der Waals surface area contributed by atoms with Crippen LogP contribution in [0.5, 0.6) is 0 Å². The molecule has 5 radical (unpaired) electrons. The molecule has 5 rings (SSSR count). The smallest absolute Gasteiger partial charge is 0.360 e. The van der Waals surface area contributed by atoms with E-state index in [0.717, 1.165) is 27.8 Å². The van der Waals surface area contributed by atoms with Crippen LogP contribution >= 0.6 is 0 Å². The number of para-hydroxylation sites is 1. The SMILES string of the molecule is O=c1oc([C]2[CH][CH][CH][CH]2)cc2c3ccccc3n(Cc3ccccc3)c12. The molecule has 2 heterocycles. The number of benzene rings is 2. The monoisotopic (exact) mass is 338 g/mol. The maximum atomic E-state index is 12.9. The minimum absolute atomic E-state index is 0.300. The number of rotatable bonds is 3. The Kier molecular flexibility index (Phi) is 3.66. The van der Waals surface area contributed by atoms with Gasteiger partial charge in [0.15, 0.2) is 0 Å². The summed E-state index contributed by atoms with van der Waals surface area (Å²) >= 11 is 0. The fraction of sp³-hybridized carbons (Fsp3) is 0.0435. The van der Waals surface area contributed by atoms with Gasteiger partial charge in [-0.25, -0.2) is 4.79 Å². The minimum Gasteiger partial charge on any atom is -0.426 e. The highest BCUT2D eigenvalue weighted by atomic mass is 16.4. The Morgan fingerprint density at radius 1 is 0.846 bits per heavy atom.